The first-order chi connectivity index (χ1) is 11.9. The molecule has 0 saturated carbocycles. The molecule has 2 rings (SSSR count). The third-order valence-corrected chi connectivity index (χ3v) is 4.13. The van der Waals surface area contributed by atoms with Crippen molar-refractivity contribution in [3.8, 4) is 0 Å². The van der Waals surface area contributed by atoms with Gasteiger partial charge in [-0.3, -0.25) is 25.3 Å². The molecule has 25 heavy (non-hydrogen) atoms. The summed E-state index contributed by atoms with van der Waals surface area (Å²) in [5, 5.41) is 0. The predicted molar refractivity (Wildman–Crippen MR) is 94.1 cm³/mol. The largest absolute Gasteiger partial charge is 0.291 e. The second-order valence-corrected chi connectivity index (χ2v) is 5.97. The lowest BCUT2D eigenvalue weighted by Crippen LogP contribution is -2.50. The number of hydrogen-bond acceptors (Lipinski definition) is 3. The van der Waals surface area contributed by atoms with Crippen LogP contribution in [-0.4, -0.2) is 29.8 Å². The zero-order valence-electron chi connectivity index (χ0n) is 14.5. The van der Waals surface area contributed by atoms with Crippen LogP contribution in [0.15, 0.2) is 48.5 Å². The first-order valence-electron chi connectivity index (χ1n) is 7.99. The van der Waals surface area contributed by atoms with Crippen LogP contribution in [0.25, 0.3) is 0 Å². The molecule has 2 aromatic rings. The van der Waals surface area contributed by atoms with Crippen LogP contribution in [0.3, 0.4) is 0 Å². The van der Waals surface area contributed by atoms with Crippen LogP contribution < -0.4 is 10.9 Å². The van der Waals surface area contributed by atoms with Crippen LogP contribution in [0.4, 0.5) is 4.39 Å². The van der Waals surface area contributed by atoms with Crippen molar-refractivity contribution in [1.29, 1.82) is 0 Å². The van der Waals surface area contributed by atoms with E-state index in [0.29, 0.717) is 6.54 Å². The molecule has 0 radical (unpaired) electrons. The van der Waals surface area contributed by atoms with Crippen molar-refractivity contribution >= 4 is 11.8 Å². The van der Waals surface area contributed by atoms with Crippen LogP contribution >= 0.6 is 0 Å². The molecule has 0 spiro atoms. The SMILES string of the molecule is Cc1ccccc1CN(C)[C@H](C)C(=O)NNC(=O)c1ccc(F)cc1. The third kappa shape index (κ3) is 5.12. The summed E-state index contributed by atoms with van der Waals surface area (Å²) in [7, 11) is 1.85. The second-order valence-electron chi connectivity index (χ2n) is 5.97. The average molecular weight is 343 g/mol. The Bertz CT molecular complexity index is 747. The van der Waals surface area contributed by atoms with Gasteiger partial charge in [-0.15, -0.1) is 0 Å². The van der Waals surface area contributed by atoms with Crippen LogP contribution in [0, 0.1) is 12.7 Å². The number of carbonyl (C=O) groups excluding carboxylic acids is 2. The van der Waals surface area contributed by atoms with Crippen LogP contribution in [0.5, 0.6) is 0 Å². The molecule has 5 nitrogen and oxygen atoms in total. The molecule has 2 aromatic carbocycles. The Morgan fingerprint density at radius 2 is 1.72 bits per heavy atom. The number of hydrogen-bond donors (Lipinski definition) is 2. The summed E-state index contributed by atoms with van der Waals surface area (Å²) in [5.74, 6) is -1.25. The number of likely N-dealkylation sites (N-methyl/N-ethyl adjacent to an activating group) is 1. The maximum Gasteiger partial charge on any atom is 0.269 e. The highest BCUT2D eigenvalue weighted by Crippen LogP contribution is 2.11. The van der Waals surface area contributed by atoms with Crippen molar-refractivity contribution < 1.29 is 14.0 Å². The van der Waals surface area contributed by atoms with Gasteiger partial charge in [-0.1, -0.05) is 24.3 Å². The molecule has 0 aliphatic heterocycles. The van der Waals surface area contributed by atoms with Crippen LogP contribution in [0.2, 0.25) is 0 Å². The lowest BCUT2D eigenvalue weighted by atomic mass is 10.1. The fourth-order valence-electron chi connectivity index (χ4n) is 2.29. The van der Waals surface area contributed by atoms with Crippen LogP contribution in [-0.2, 0) is 11.3 Å². The Morgan fingerprint density at radius 1 is 1.08 bits per heavy atom. The minimum Gasteiger partial charge on any atom is -0.291 e. The van der Waals surface area contributed by atoms with Gasteiger partial charge in [0, 0.05) is 12.1 Å². The molecule has 0 bridgehead atoms. The smallest absolute Gasteiger partial charge is 0.269 e. The Balaban J connectivity index is 1.88. The zero-order chi connectivity index (χ0) is 18.4. The molecular weight excluding hydrogens is 321 g/mol. The summed E-state index contributed by atoms with van der Waals surface area (Å²) in [6.45, 7) is 4.40. The minimum absolute atomic E-state index is 0.266. The minimum atomic E-state index is -0.498. The molecule has 0 heterocycles. The van der Waals surface area contributed by atoms with Gasteiger partial charge in [-0.2, -0.15) is 0 Å². The zero-order valence-corrected chi connectivity index (χ0v) is 14.5. The van der Waals surface area contributed by atoms with Crippen molar-refractivity contribution in [3.05, 3.63) is 71.0 Å². The number of aryl methyl sites for hydroxylation is 1. The Labute approximate surface area is 146 Å². The summed E-state index contributed by atoms with van der Waals surface area (Å²) in [4.78, 5) is 26.0. The van der Waals surface area contributed by atoms with Gasteiger partial charge in [0.05, 0.1) is 6.04 Å². The normalized spacial score (nSPS) is 11.9. The van der Waals surface area contributed by atoms with Gasteiger partial charge in [0.2, 0.25) is 0 Å². The Hall–Kier alpha value is -2.73. The second kappa shape index (κ2) is 8.39. The van der Waals surface area contributed by atoms with Gasteiger partial charge in [-0.05, 0) is 56.3 Å². The van der Waals surface area contributed by atoms with E-state index >= 15 is 0 Å². The fourth-order valence-corrected chi connectivity index (χ4v) is 2.29. The molecule has 132 valence electrons. The molecule has 0 aromatic heterocycles. The number of nitrogens with one attached hydrogen (secondary N) is 2. The molecular formula is C19H22FN3O2. The number of carbonyl (C=O) groups is 2. The lowest BCUT2D eigenvalue weighted by Gasteiger charge is -2.24. The highest BCUT2D eigenvalue weighted by molar-refractivity contribution is 5.95. The fraction of sp³-hybridized carbons (Fsp3) is 0.263. The van der Waals surface area contributed by atoms with E-state index in [1.807, 2.05) is 43.1 Å². The van der Waals surface area contributed by atoms with Crippen molar-refractivity contribution in [2.45, 2.75) is 26.4 Å². The highest BCUT2D eigenvalue weighted by atomic mass is 19.1. The van der Waals surface area contributed by atoms with Crippen molar-refractivity contribution in [3.63, 3.8) is 0 Å². The summed E-state index contributed by atoms with van der Waals surface area (Å²) in [6.07, 6.45) is 0. The van der Waals surface area contributed by atoms with Crippen molar-refractivity contribution in [2.75, 3.05) is 7.05 Å². The molecule has 0 saturated heterocycles. The van der Waals surface area contributed by atoms with Crippen LogP contribution in [0.1, 0.15) is 28.4 Å². The third-order valence-electron chi connectivity index (χ3n) is 4.13. The first-order valence-corrected chi connectivity index (χ1v) is 7.99. The molecule has 6 heteroatoms. The molecule has 0 aliphatic rings. The molecule has 0 fully saturated rings. The van der Waals surface area contributed by atoms with Gasteiger partial charge in [0.25, 0.3) is 11.8 Å². The van der Waals surface area contributed by atoms with Gasteiger partial charge in [-0.25, -0.2) is 4.39 Å². The summed E-state index contributed by atoms with van der Waals surface area (Å²) >= 11 is 0. The Kier molecular flexibility index (Phi) is 6.25. The summed E-state index contributed by atoms with van der Waals surface area (Å²) in [5.41, 5.74) is 7.31. The molecule has 2 N–H and O–H groups in total. The number of hydrazine groups is 1. The average Bonchev–Trinajstić information content (AvgIpc) is 2.61. The maximum absolute atomic E-state index is 12.9. The van der Waals surface area contributed by atoms with E-state index in [2.05, 4.69) is 10.9 Å². The molecule has 1 atom stereocenters. The maximum atomic E-state index is 12.9. The number of rotatable bonds is 5. The Morgan fingerprint density at radius 3 is 2.36 bits per heavy atom. The van der Waals surface area contributed by atoms with E-state index in [9.17, 15) is 14.0 Å². The molecule has 2 amide bonds. The quantitative estimate of drug-likeness (QED) is 0.820. The standard InChI is InChI=1S/C19H22FN3O2/c1-13-6-4-5-7-16(13)12-23(3)14(2)18(24)21-22-19(25)15-8-10-17(20)11-9-15/h4-11,14H,12H2,1-3H3,(H,21,24)(H,22,25)/t14-/m1/s1. The summed E-state index contributed by atoms with van der Waals surface area (Å²) < 4.78 is 12.9. The number of benzene rings is 2. The first kappa shape index (κ1) is 18.6. The molecule has 0 aliphatic carbocycles. The van der Waals surface area contributed by atoms with E-state index < -0.39 is 17.8 Å². The molecule has 0 unspecified atom stereocenters. The van der Waals surface area contributed by atoms with E-state index in [-0.39, 0.29) is 11.5 Å². The van der Waals surface area contributed by atoms with E-state index in [4.69, 9.17) is 0 Å². The van der Waals surface area contributed by atoms with Crippen molar-refractivity contribution in [1.82, 2.24) is 15.8 Å². The van der Waals surface area contributed by atoms with Crippen molar-refractivity contribution in [2.24, 2.45) is 0 Å². The topological polar surface area (TPSA) is 61.4 Å². The number of nitrogens with zero attached hydrogens (tertiary/aromatic N) is 1. The van der Waals surface area contributed by atoms with E-state index in [0.717, 1.165) is 11.1 Å². The highest BCUT2D eigenvalue weighted by Gasteiger charge is 2.19. The summed E-state index contributed by atoms with van der Waals surface area (Å²) in [6, 6.07) is 12.6. The number of amides is 2. The van der Waals surface area contributed by atoms with Gasteiger partial charge in [0.15, 0.2) is 0 Å². The predicted octanol–water partition coefficient (Wildman–Crippen LogP) is 2.42. The number of halogens is 1. The monoisotopic (exact) mass is 343 g/mol. The van der Waals surface area contributed by atoms with Gasteiger partial charge in [0.1, 0.15) is 5.82 Å². The van der Waals surface area contributed by atoms with Gasteiger partial charge >= 0.3 is 0 Å². The van der Waals surface area contributed by atoms with Gasteiger partial charge < -0.3 is 0 Å². The van der Waals surface area contributed by atoms with E-state index in [1.165, 1.54) is 24.3 Å². The lowest BCUT2D eigenvalue weighted by molar-refractivity contribution is -0.126. The van der Waals surface area contributed by atoms with E-state index in [1.54, 1.807) is 6.92 Å².